The predicted molar refractivity (Wildman–Crippen MR) is 113 cm³/mol. The summed E-state index contributed by atoms with van der Waals surface area (Å²) in [5.74, 6) is 0.430. The van der Waals surface area contributed by atoms with Crippen LogP contribution in [0.1, 0.15) is 26.7 Å². The maximum absolute atomic E-state index is 11.3. The van der Waals surface area contributed by atoms with Gasteiger partial charge >= 0.3 is 200 Å². The van der Waals surface area contributed by atoms with Gasteiger partial charge in [0, 0.05) is 0 Å². The number of alkyl halides is 2. The van der Waals surface area contributed by atoms with Crippen LogP contribution in [0.4, 0.5) is 0 Å². The molecular weight excluding hydrogens is 533 g/mol. The summed E-state index contributed by atoms with van der Waals surface area (Å²) in [5, 5.41) is 25.0. The van der Waals surface area contributed by atoms with Gasteiger partial charge in [-0.25, -0.2) is 0 Å². The minimum absolute atomic E-state index is 0.110. The number of hydrogen-bond acceptors (Lipinski definition) is 11. The zero-order valence-electron chi connectivity index (χ0n) is 18.9. The average molecular weight is 572 g/mol. The van der Waals surface area contributed by atoms with Crippen LogP contribution in [0.15, 0.2) is 11.8 Å². The number of hydrogen-bond donors (Lipinski definition) is 7. The van der Waals surface area contributed by atoms with Crippen molar-refractivity contribution in [2.24, 2.45) is 28.9 Å². The van der Waals surface area contributed by atoms with Crippen LogP contribution in [0, 0.1) is 5.92 Å². The molecule has 188 valence electrons. The van der Waals surface area contributed by atoms with Crippen LogP contribution < -0.4 is 49.5 Å². The number of rotatable bonds is 6. The first-order chi connectivity index (χ1) is 15.1. The number of nitrogens with one attached hydrogen (secondary N) is 1. The van der Waals surface area contributed by atoms with Gasteiger partial charge in [-0.05, 0) is 0 Å². The molecule has 0 unspecified atom stereocenters. The molecule has 11 N–H and O–H groups in total. The normalized spacial score (nSPS) is 48.2. The summed E-state index contributed by atoms with van der Waals surface area (Å²) in [4.78, 5) is 0. The predicted octanol–water partition coefficient (Wildman–Crippen LogP) is -5.57. The van der Waals surface area contributed by atoms with E-state index in [0.29, 0.717) is 18.6 Å². The van der Waals surface area contributed by atoms with E-state index in [1.807, 2.05) is 13.0 Å². The molecule has 0 radical (unpaired) electrons. The Balaban J connectivity index is 1.73. The van der Waals surface area contributed by atoms with E-state index >= 15 is 0 Å². The van der Waals surface area contributed by atoms with Crippen LogP contribution >= 0.6 is 0 Å². The number of aliphatic hydroxyl groups is 2. The van der Waals surface area contributed by atoms with Crippen LogP contribution in [-0.4, -0.2) is 87.1 Å². The standard InChI is InChI=1S/C20H39IN5O6/c1-9-16(26-3)20(2,28)8-29-18(9)32-17-14(27)15(12(24)6-13(25)21-17)31-19-11(23)5-4-10(7-22)30-19/h4,9,11-19,26-28H,5-8,22-25H2,1-3H3/q-1/t9-,11-,12+,13-,14+,15-,16-,17-,18-,19-,20+/m1/s1. The molecule has 3 aliphatic heterocycles. The fraction of sp³-hybridized carbons (Fsp3) is 0.900. The SMILES string of the molecule is CN[C@@H]1[C@@H](C)[C@@H](O[C@H]2[I-][C@H](N)C[C@H](N)[C@@H](O[C@H]3OC(CN)=CC[C@H]3N)[C@@H]2O)OC[C@]1(C)O. The molecule has 3 rings (SSSR count). The van der Waals surface area contributed by atoms with Gasteiger partial charge in [0.2, 0.25) is 0 Å². The van der Waals surface area contributed by atoms with Crippen molar-refractivity contribution in [3.8, 4) is 0 Å². The van der Waals surface area contributed by atoms with E-state index in [-0.39, 0.29) is 29.2 Å². The van der Waals surface area contributed by atoms with Crippen LogP contribution in [0.2, 0.25) is 0 Å². The molecule has 0 aromatic rings. The van der Waals surface area contributed by atoms with Gasteiger partial charge in [-0.3, -0.25) is 0 Å². The molecule has 0 aliphatic carbocycles. The third-order valence-electron chi connectivity index (χ3n) is 6.28. The van der Waals surface area contributed by atoms with Crippen molar-refractivity contribution in [3.63, 3.8) is 0 Å². The number of halogens is 1. The van der Waals surface area contributed by atoms with Crippen molar-refractivity contribution in [1.82, 2.24) is 5.32 Å². The van der Waals surface area contributed by atoms with Gasteiger partial charge in [-0.1, -0.05) is 0 Å². The van der Waals surface area contributed by atoms with Gasteiger partial charge in [-0.2, -0.15) is 0 Å². The molecule has 2 fully saturated rings. The summed E-state index contributed by atoms with van der Waals surface area (Å²) < 4.78 is 23.3. The van der Waals surface area contributed by atoms with Crippen LogP contribution in [0.5, 0.6) is 0 Å². The zero-order chi connectivity index (χ0) is 23.6. The number of aliphatic hydroxyl groups excluding tert-OH is 1. The Labute approximate surface area is 199 Å². The minimum atomic E-state index is -1.03. The van der Waals surface area contributed by atoms with Crippen LogP contribution in [0.3, 0.4) is 0 Å². The van der Waals surface area contributed by atoms with E-state index in [1.54, 1.807) is 14.0 Å². The number of likely N-dealkylation sites (N-methyl/N-ethyl adjacent to an activating group) is 1. The van der Waals surface area contributed by atoms with E-state index in [4.69, 9.17) is 41.9 Å². The molecule has 2 saturated heterocycles. The van der Waals surface area contributed by atoms with Crippen molar-refractivity contribution in [2.45, 2.75) is 83.4 Å². The number of ether oxygens (including phenoxy) is 4. The molecule has 3 heterocycles. The van der Waals surface area contributed by atoms with Gasteiger partial charge in [0.1, 0.15) is 0 Å². The molecule has 11 nitrogen and oxygen atoms in total. The van der Waals surface area contributed by atoms with Crippen molar-refractivity contribution in [2.75, 3.05) is 20.2 Å². The quantitative estimate of drug-likeness (QED) is 0.0912. The van der Waals surface area contributed by atoms with E-state index in [2.05, 4.69) is 5.32 Å². The van der Waals surface area contributed by atoms with Crippen LogP contribution in [0.25, 0.3) is 0 Å². The van der Waals surface area contributed by atoms with Gasteiger partial charge < -0.3 is 0 Å². The molecule has 12 heteroatoms. The van der Waals surface area contributed by atoms with E-state index in [1.165, 1.54) is 0 Å². The van der Waals surface area contributed by atoms with Gasteiger partial charge in [0.05, 0.1) is 0 Å². The molecule has 0 aromatic carbocycles. The monoisotopic (exact) mass is 572 g/mol. The van der Waals surface area contributed by atoms with Crippen molar-refractivity contribution >= 4 is 0 Å². The summed E-state index contributed by atoms with van der Waals surface area (Å²) >= 11 is -0.795. The Kier molecular flexibility index (Phi) is 9.16. The van der Waals surface area contributed by atoms with E-state index in [0.717, 1.165) is 0 Å². The summed E-state index contributed by atoms with van der Waals surface area (Å²) in [7, 11) is 1.79. The fourth-order valence-corrected chi connectivity index (χ4v) is 7.62. The first-order valence-electron chi connectivity index (χ1n) is 11.0. The molecule has 3 aliphatic rings. The molecule has 0 aromatic heterocycles. The fourth-order valence-electron chi connectivity index (χ4n) is 4.53. The van der Waals surface area contributed by atoms with Crippen molar-refractivity contribution in [1.29, 1.82) is 0 Å². The second kappa shape index (κ2) is 11.1. The summed E-state index contributed by atoms with van der Waals surface area (Å²) in [5.41, 5.74) is 23.5. The number of nitrogens with two attached hydrogens (primary N) is 4. The second-order valence-electron chi connectivity index (χ2n) is 9.04. The maximum atomic E-state index is 11.3. The molecule has 0 amide bonds. The summed E-state index contributed by atoms with van der Waals surface area (Å²) in [6.45, 7) is 4.01. The molecule has 32 heavy (non-hydrogen) atoms. The molecule has 0 spiro atoms. The first kappa shape index (κ1) is 26.5. The molecular formula is C20H39IN5O6-. The Hall–Kier alpha value is -0.130. The summed E-state index contributed by atoms with van der Waals surface area (Å²) in [6.07, 6.45) is -0.300. The Morgan fingerprint density at radius 3 is 2.62 bits per heavy atom. The third-order valence-corrected chi connectivity index (χ3v) is 9.45. The zero-order valence-corrected chi connectivity index (χ0v) is 21.1. The molecule has 11 atom stereocenters. The van der Waals surface area contributed by atoms with Crippen molar-refractivity contribution in [3.05, 3.63) is 11.8 Å². The summed E-state index contributed by atoms with van der Waals surface area (Å²) in [6, 6.07) is -1.15. The van der Waals surface area contributed by atoms with Crippen molar-refractivity contribution < 1.29 is 50.4 Å². The third kappa shape index (κ3) is 5.92. The van der Waals surface area contributed by atoms with Gasteiger partial charge in [-0.15, -0.1) is 0 Å². The topological polar surface area (TPSA) is 193 Å². The van der Waals surface area contributed by atoms with E-state index < -0.39 is 67.8 Å². The van der Waals surface area contributed by atoms with Gasteiger partial charge in [0.25, 0.3) is 0 Å². The second-order valence-corrected chi connectivity index (χ2v) is 12.6. The average Bonchev–Trinajstić information content (AvgIpc) is 2.82. The molecule has 0 saturated carbocycles. The Bertz CT molecular complexity index is 658. The van der Waals surface area contributed by atoms with Gasteiger partial charge in [0.15, 0.2) is 0 Å². The Morgan fingerprint density at radius 1 is 1.25 bits per heavy atom. The van der Waals surface area contributed by atoms with E-state index in [9.17, 15) is 10.2 Å². The molecule has 0 bridgehead atoms. The first-order valence-corrected chi connectivity index (χ1v) is 13.5. The van der Waals surface area contributed by atoms with Crippen LogP contribution in [-0.2, 0) is 18.9 Å². The Morgan fingerprint density at radius 2 is 1.97 bits per heavy atom.